The van der Waals surface area contributed by atoms with Crippen LogP contribution in [0.2, 0.25) is 0 Å². The molecule has 0 unspecified atom stereocenters. The average Bonchev–Trinajstić information content (AvgIpc) is 2.56. The van der Waals surface area contributed by atoms with Gasteiger partial charge in [0.25, 0.3) is 0 Å². The third kappa shape index (κ3) is 7.61. The minimum absolute atomic E-state index is 0.587. The van der Waals surface area contributed by atoms with Gasteiger partial charge < -0.3 is 14.3 Å². The number of rotatable bonds is 11. The van der Waals surface area contributed by atoms with E-state index >= 15 is 0 Å². The fourth-order valence-corrected chi connectivity index (χ4v) is 2.60. The molecule has 0 aliphatic heterocycles. The van der Waals surface area contributed by atoms with E-state index in [9.17, 15) is 0 Å². The lowest BCUT2D eigenvalue weighted by molar-refractivity contribution is 0.205. The van der Waals surface area contributed by atoms with Gasteiger partial charge in [-0.05, 0) is 57.5 Å². The van der Waals surface area contributed by atoms with Gasteiger partial charge >= 0.3 is 0 Å². The number of nitrogens with zero attached hydrogens (tertiary/aromatic N) is 2. The van der Waals surface area contributed by atoms with Crippen molar-refractivity contribution in [3.05, 3.63) is 35.4 Å². The molecule has 1 rings (SSSR count). The molecule has 0 N–H and O–H groups in total. The predicted molar refractivity (Wildman–Crippen MR) is 104 cm³/mol. The zero-order chi connectivity index (χ0) is 18.7. The first kappa shape index (κ1) is 21.0. The first-order valence-electron chi connectivity index (χ1n) is 8.78. The zero-order valence-corrected chi connectivity index (χ0v) is 16.5. The summed E-state index contributed by atoms with van der Waals surface area (Å²) in [6.07, 6.45) is 3.97. The summed E-state index contributed by atoms with van der Waals surface area (Å²) in [5.41, 5.74) is 3.14. The quantitative estimate of drug-likeness (QED) is 0.345. The van der Waals surface area contributed by atoms with Crippen molar-refractivity contribution >= 4 is 5.71 Å². The SMILES string of the molecule is C/C=C/COc1cc(C)c(OCCN(CC)CC(C)=NOC)c(C)c1. The summed E-state index contributed by atoms with van der Waals surface area (Å²) in [6.45, 7) is 14.0. The highest BCUT2D eigenvalue weighted by molar-refractivity contribution is 5.83. The molecule has 0 heterocycles. The summed E-state index contributed by atoms with van der Waals surface area (Å²) < 4.78 is 11.8. The molecule has 0 aliphatic rings. The molecule has 0 saturated carbocycles. The molecule has 140 valence electrons. The Morgan fingerprint density at radius 2 is 1.88 bits per heavy atom. The molecular formula is C20H32N2O3. The summed E-state index contributed by atoms with van der Waals surface area (Å²) in [7, 11) is 1.57. The van der Waals surface area contributed by atoms with E-state index in [-0.39, 0.29) is 0 Å². The van der Waals surface area contributed by atoms with Gasteiger partial charge in [0.1, 0.15) is 31.8 Å². The smallest absolute Gasteiger partial charge is 0.125 e. The fourth-order valence-electron chi connectivity index (χ4n) is 2.60. The largest absolute Gasteiger partial charge is 0.492 e. The van der Waals surface area contributed by atoms with Crippen molar-refractivity contribution in [2.45, 2.75) is 34.6 Å². The molecule has 1 aromatic rings. The van der Waals surface area contributed by atoms with E-state index in [2.05, 4.69) is 30.8 Å². The predicted octanol–water partition coefficient (Wildman–Crippen LogP) is 3.98. The van der Waals surface area contributed by atoms with E-state index in [4.69, 9.17) is 14.3 Å². The van der Waals surface area contributed by atoms with Crippen LogP contribution in [-0.2, 0) is 4.84 Å². The van der Waals surface area contributed by atoms with Crippen molar-refractivity contribution < 1.29 is 14.3 Å². The molecule has 5 heteroatoms. The Hall–Kier alpha value is -2.01. The first-order valence-corrected chi connectivity index (χ1v) is 8.78. The van der Waals surface area contributed by atoms with Crippen LogP contribution in [-0.4, -0.2) is 50.6 Å². The molecule has 0 atom stereocenters. The molecule has 0 fully saturated rings. The number of benzene rings is 1. The molecule has 0 aliphatic carbocycles. The van der Waals surface area contributed by atoms with Crippen LogP contribution in [0.5, 0.6) is 11.5 Å². The van der Waals surface area contributed by atoms with E-state index in [1.165, 1.54) is 0 Å². The van der Waals surface area contributed by atoms with Crippen molar-refractivity contribution in [2.24, 2.45) is 5.16 Å². The highest BCUT2D eigenvalue weighted by atomic mass is 16.6. The number of hydrogen-bond donors (Lipinski definition) is 0. The van der Waals surface area contributed by atoms with E-state index < -0.39 is 0 Å². The van der Waals surface area contributed by atoms with E-state index in [0.717, 1.165) is 48.0 Å². The minimum atomic E-state index is 0.587. The lowest BCUT2D eigenvalue weighted by Gasteiger charge is -2.21. The maximum atomic E-state index is 6.04. The van der Waals surface area contributed by atoms with Gasteiger partial charge in [0.2, 0.25) is 0 Å². The number of hydrogen-bond acceptors (Lipinski definition) is 5. The third-order valence-corrected chi connectivity index (χ3v) is 3.82. The highest BCUT2D eigenvalue weighted by Crippen LogP contribution is 2.28. The maximum absolute atomic E-state index is 6.04. The summed E-state index contributed by atoms with van der Waals surface area (Å²) in [6, 6.07) is 4.05. The van der Waals surface area contributed by atoms with Gasteiger partial charge in [-0.15, -0.1) is 0 Å². The monoisotopic (exact) mass is 348 g/mol. The molecule has 0 radical (unpaired) electrons. The van der Waals surface area contributed by atoms with Crippen molar-refractivity contribution in [3.63, 3.8) is 0 Å². The van der Waals surface area contributed by atoms with Crippen LogP contribution in [0.1, 0.15) is 31.9 Å². The topological polar surface area (TPSA) is 43.3 Å². The Kier molecular flexibility index (Phi) is 9.70. The standard InChI is InChI=1S/C20H32N2O3/c1-7-9-11-24-19-13-16(3)20(17(4)14-19)25-12-10-22(8-2)15-18(5)21-23-6/h7,9,13-14H,8,10-12,15H2,1-6H3/b9-7+,21-18?. The van der Waals surface area contributed by atoms with Gasteiger partial charge in [-0.2, -0.15) is 0 Å². The Bertz CT molecular complexity index is 559. The van der Waals surface area contributed by atoms with E-state index in [1.807, 2.05) is 38.1 Å². The van der Waals surface area contributed by atoms with Gasteiger partial charge in [-0.1, -0.05) is 24.2 Å². The number of aryl methyl sites for hydroxylation is 2. The number of oxime groups is 1. The van der Waals surface area contributed by atoms with E-state index in [1.54, 1.807) is 7.11 Å². The molecule has 0 aromatic heterocycles. The van der Waals surface area contributed by atoms with Gasteiger partial charge in [0, 0.05) is 13.1 Å². The summed E-state index contributed by atoms with van der Waals surface area (Å²) in [4.78, 5) is 7.09. The molecule has 0 saturated heterocycles. The molecule has 0 spiro atoms. The molecule has 0 amide bonds. The number of ether oxygens (including phenoxy) is 2. The van der Waals surface area contributed by atoms with Crippen molar-refractivity contribution in [1.29, 1.82) is 0 Å². The lowest BCUT2D eigenvalue weighted by Crippen LogP contribution is -2.32. The summed E-state index contributed by atoms with van der Waals surface area (Å²) in [5.74, 6) is 1.82. The van der Waals surface area contributed by atoms with Crippen molar-refractivity contribution in [3.8, 4) is 11.5 Å². The number of likely N-dealkylation sites (N-methyl/N-ethyl adjacent to an activating group) is 1. The van der Waals surface area contributed by atoms with Crippen LogP contribution in [0.3, 0.4) is 0 Å². The van der Waals surface area contributed by atoms with Crippen LogP contribution in [0.15, 0.2) is 29.4 Å². The van der Waals surface area contributed by atoms with Crippen LogP contribution in [0.4, 0.5) is 0 Å². The molecule has 25 heavy (non-hydrogen) atoms. The minimum Gasteiger partial charge on any atom is -0.492 e. The summed E-state index contributed by atoms with van der Waals surface area (Å²) >= 11 is 0. The van der Waals surface area contributed by atoms with Gasteiger partial charge in [-0.25, -0.2) is 0 Å². The molecular weight excluding hydrogens is 316 g/mol. The van der Waals surface area contributed by atoms with Crippen LogP contribution >= 0.6 is 0 Å². The normalized spacial score (nSPS) is 12.0. The second-order valence-electron chi connectivity index (χ2n) is 5.99. The average molecular weight is 348 g/mol. The third-order valence-electron chi connectivity index (χ3n) is 3.82. The first-order chi connectivity index (χ1) is 12.0. The van der Waals surface area contributed by atoms with Crippen molar-refractivity contribution in [2.75, 3.05) is 40.0 Å². The maximum Gasteiger partial charge on any atom is 0.125 e. The highest BCUT2D eigenvalue weighted by Gasteiger charge is 2.09. The van der Waals surface area contributed by atoms with Crippen molar-refractivity contribution in [1.82, 2.24) is 4.90 Å². The molecule has 1 aromatic carbocycles. The lowest BCUT2D eigenvalue weighted by atomic mass is 10.1. The molecule has 0 bridgehead atoms. The number of allylic oxidation sites excluding steroid dienone is 1. The Balaban J connectivity index is 2.60. The Morgan fingerprint density at radius 1 is 1.20 bits per heavy atom. The van der Waals surface area contributed by atoms with Gasteiger partial charge in [-0.3, -0.25) is 4.90 Å². The fraction of sp³-hybridized carbons (Fsp3) is 0.550. The van der Waals surface area contributed by atoms with Crippen LogP contribution < -0.4 is 9.47 Å². The van der Waals surface area contributed by atoms with Gasteiger partial charge in [0.15, 0.2) is 0 Å². The van der Waals surface area contributed by atoms with E-state index in [0.29, 0.717) is 13.2 Å². The Labute approximate surface area is 152 Å². The van der Waals surface area contributed by atoms with Gasteiger partial charge in [0.05, 0.1) is 5.71 Å². The Morgan fingerprint density at radius 3 is 2.44 bits per heavy atom. The molecule has 5 nitrogen and oxygen atoms in total. The second-order valence-corrected chi connectivity index (χ2v) is 5.99. The summed E-state index contributed by atoms with van der Waals surface area (Å²) in [5, 5.41) is 3.96. The van der Waals surface area contributed by atoms with Crippen LogP contribution in [0, 0.1) is 13.8 Å². The van der Waals surface area contributed by atoms with Crippen LogP contribution in [0.25, 0.3) is 0 Å². The zero-order valence-electron chi connectivity index (χ0n) is 16.5. The second kappa shape index (κ2) is 11.5.